The van der Waals surface area contributed by atoms with Crippen LogP contribution < -0.4 is 15.4 Å². The van der Waals surface area contributed by atoms with Gasteiger partial charge in [0.25, 0.3) is 5.91 Å². The van der Waals surface area contributed by atoms with Crippen LogP contribution in [0, 0.1) is 0 Å². The maximum atomic E-state index is 13.1. The number of benzene rings is 1. The van der Waals surface area contributed by atoms with Gasteiger partial charge in [-0.15, -0.1) is 11.3 Å². The molecule has 28 heavy (non-hydrogen) atoms. The molecule has 1 aliphatic carbocycles. The molecule has 2 heterocycles. The van der Waals surface area contributed by atoms with E-state index in [0.29, 0.717) is 24.5 Å². The van der Waals surface area contributed by atoms with E-state index < -0.39 is 17.5 Å². The van der Waals surface area contributed by atoms with E-state index in [1.54, 1.807) is 35.6 Å². The lowest BCUT2D eigenvalue weighted by Crippen LogP contribution is -2.46. The minimum Gasteiger partial charge on any atom is -0.494 e. The summed E-state index contributed by atoms with van der Waals surface area (Å²) >= 11 is 1.60. The second-order valence-electron chi connectivity index (χ2n) is 6.84. The van der Waals surface area contributed by atoms with Crippen molar-refractivity contribution in [1.82, 2.24) is 10.2 Å². The van der Waals surface area contributed by atoms with E-state index >= 15 is 0 Å². The summed E-state index contributed by atoms with van der Waals surface area (Å²) < 4.78 is 5.37. The normalized spacial score (nSPS) is 20.8. The van der Waals surface area contributed by atoms with Gasteiger partial charge in [0.15, 0.2) is 0 Å². The lowest BCUT2D eigenvalue weighted by molar-refractivity contribution is -0.134. The number of nitrogens with zero attached hydrogens (tertiary/aromatic N) is 1. The van der Waals surface area contributed by atoms with Crippen LogP contribution in [0.4, 0.5) is 10.5 Å². The number of fused-ring (bicyclic) bond motifs is 2. The monoisotopic (exact) mass is 399 g/mol. The number of hydrogen-bond acceptors (Lipinski definition) is 5. The molecule has 4 amide bonds. The lowest BCUT2D eigenvalue weighted by atomic mass is 9.80. The van der Waals surface area contributed by atoms with Crippen LogP contribution in [0.15, 0.2) is 35.7 Å². The van der Waals surface area contributed by atoms with Crippen LogP contribution in [0.3, 0.4) is 0 Å². The van der Waals surface area contributed by atoms with Crippen LogP contribution in [-0.4, -0.2) is 35.9 Å². The zero-order chi connectivity index (χ0) is 19.7. The van der Waals surface area contributed by atoms with Gasteiger partial charge in [0.2, 0.25) is 5.91 Å². The molecule has 0 saturated carbocycles. The van der Waals surface area contributed by atoms with Gasteiger partial charge in [-0.05, 0) is 61.9 Å². The lowest BCUT2D eigenvalue weighted by Gasteiger charge is -2.31. The van der Waals surface area contributed by atoms with Crippen molar-refractivity contribution >= 4 is 34.9 Å². The number of imide groups is 1. The van der Waals surface area contributed by atoms with E-state index in [2.05, 4.69) is 10.6 Å². The Kier molecular flexibility index (Phi) is 4.80. The molecule has 0 radical (unpaired) electrons. The predicted molar refractivity (Wildman–Crippen MR) is 105 cm³/mol. The largest absolute Gasteiger partial charge is 0.494 e. The Hall–Kier alpha value is -2.87. The van der Waals surface area contributed by atoms with E-state index in [1.165, 1.54) is 0 Å². The molecule has 1 spiro atoms. The maximum Gasteiger partial charge on any atom is 0.325 e. The summed E-state index contributed by atoms with van der Waals surface area (Å²) in [6.07, 6.45) is 2.29. The van der Waals surface area contributed by atoms with Crippen molar-refractivity contribution in [1.29, 1.82) is 0 Å². The topological polar surface area (TPSA) is 87.7 Å². The molecule has 1 saturated heterocycles. The summed E-state index contributed by atoms with van der Waals surface area (Å²) in [5.41, 5.74) is 0.425. The minimum absolute atomic E-state index is 0.320. The third-order valence-electron chi connectivity index (χ3n) is 5.09. The van der Waals surface area contributed by atoms with Gasteiger partial charge < -0.3 is 15.4 Å². The van der Waals surface area contributed by atoms with Crippen LogP contribution in [0.5, 0.6) is 5.75 Å². The van der Waals surface area contributed by atoms with Gasteiger partial charge in [0, 0.05) is 16.1 Å². The van der Waals surface area contributed by atoms with Crippen LogP contribution in [0.2, 0.25) is 0 Å². The van der Waals surface area contributed by atoms with Crippen molar-refractivity contribution in [2.75, 3.05) is 18.5 Å². The number of carbonyl (C=O) groups is 3. The van der Waals surface area contributed by atoms with Crippen LogP contribution in [0.25, 0.3) is 0 Å². The summed E-state index contributed by atoms with van der Waals surface area (Å²) in [6.45, 7) is 2.14. The Morgan fingerprint density at radius 1 is 1.29 bits per heavy atom. The number of carbonyl (C=O) groups excluding carboxylic acids is 3. The number of rotatable bonds is 5. The molecule has 8 heteroatoms. The molecule has 1 aromatic heterocycles. The number of anilines is 1. The SMILES string of the molecule is CCOc1ccc(NC(=O)CN2C(=O)N[C@]3(CCCc4sccc43)C2=O)cc1. The third kappa shape index (κ3) is 3.13. The predicted octanol–water partition coefficient (Wildman–Crippen LogP) is 2.87. The summed E-state index contributed by atoms with van der Waals surface area (Å²) in [4.78, 5) is 40.2. The quantitative estimate of drug-likeness (QED) is 0.757. The van der Waals surface area contributed by atoms with Crippen molar-refractivity contribution in [2.24, 2.45) is 0 Å². The Bertz CT molecular complexity index is 924. The molecule has 1 fully saturated rings. The number of thiophene rings is 1. The number of aryl methyl sites for hydroxylation is 1. The number of nitrogens with one attached hydrogen (secondary N) is 2. The van der Waals surface area contributed by atoms with Gasteiger partial charge in [0.05, 0.1) is 6.61 Å². The van der Waals surface area contributed by atoms with Gasteiger partial charge in [-0.2, -0.15) is 0 Å². The van der Waals surface area contributed by atoms with Crippen molar-refractivity contribution in [2.45, 2.75) is 31.7 Å². The molecule has 0 unspecified atom stereocenters. The van der Waals surface area contributed by atoms with Crippen molar-refractivity contribution in [3.05, 3.63) is 46.2 Å². The molecule has 2 N–H and O–H groups in total. The Morgan fingerprint density at radius 3 is 2.82 bits per heavy atom. The van der Waals surface area contributed by atoms with E-state index in [1.807, 2.05) is 18.4 Å². The molecule has 7 nitrogen and oxygen atoms in total. The molecule has 1 atom stereocenters. The zero-order valence-corrected chi connectivity index (χ0v) is 16.3. The minimum atomic E-state index is -1.02. The highest BCUT2D eigenvalue weighted by Gasteiger charge is 2.54. The standard InChI is InChI=1S/C20H21N3O4S/c1-2-27-14-7-5-13(6-8-14)21-17(24)12-23-18(25)20(22-19(23)26)10-3-4-16-15(20)9-11-28-16/h5-9,11H,2-4,10,12H2,1H3,(H,21,24)(H,22,26)/t20-/m0/s1. The summed E-state index contributed by atoms with van der Waals surface area (Å²) in [6, 6.07) is 8.32. The molecule has 4 rings (SSSR count). The van der Waals surface area contributed by atoms with E-state index in [-0.39, 0.29) is 12.5 Å². The average Bonchev–Trinajstić information content (AvgIpc) is 3.24. The highest BCUT2D eigenvalue weighted by Crippen LogP contribution is 2.42. The zero-order valence-electron chi connectivity index (χ0n) is 15.5. The summed E-state index contributed by atoms with van der Waals surface area (Å²) in [7, 11) is 0. The van der Waals surface area contributed by atoms with Crippen molar-refractivity contribution < 1.29 is 19.1 Å². The van der Waals surface area contributed by atoms with Crippen molar-refractivity contribution in [3.8, 4) is 5.75 Å². The summed E-state index contributed by atoms with van der Waals surface area (Å²) in [5, 5.41) is 7.51. The van der Waals surface area contributed by atoms with Gasteiger partial charge in [-0.25, -0.2) is 4.79 Å². The van der Waals surface area contributed by atoms with E-state index in [4.69, 9.17) is 4.74 Å². The molecule has 1 aliphatic heterocycles. The molecule has 146 valence electrons. The highest BCUT2D eigenvalue weighted by molar-refractivity contribution is 7.10. The Morgan fingerprint density at radius 2 is 2.07 bits per heavy atom. The number of hydrogen-bond donors (Lipinski definition) is 2. The van der Waals surface area contributed by atoms with Crippen LogP contribution in [-0.2, 0) is 21.5 Å². The smallest absolute Gasteiger partial charge is 0.325 e. The Balaban J connectivity index is 1.46. The average molecular weight is 399 g/mol. The fraction of sp³-hybridized carbons (Fsp3) is 0.350. The molecule has 1 aromatic carbocycles. The first kappa shape index (κ1) is 18.5. The molecule has 2 aromatic rings. The van der Waals surface area contributed by atoms with Gasteiger partial charge in [-0.1, -0.05) is 0 Å². The molecular weight excluding hydrogens is 378 g/mol. The first-order valence-electron chi connectivity index (χ1n) is 9.27. The number of amides is 4. The first-order valence-corrected chi connectivity index (χ1v) is 10.1. The second-order valence-corrected chi connectivity index (χ2v) is 7.84. The molecule has 2 aliphatic rings. The van der Waals surface area contributed by atoms with Crippen LogP contribution >= 0.6 is 11.3 Å². The number of ether oxygens (including phenoxy) is 1. The first-order chi connectivity index (χ1) is 13.5. The van der Waals surface area contributed by atoms with Crippen molar-refractivity contribution in [3.63, 3.8) is 0 Å². The Labute approximate surface area is 166 Å². The molecular formula is C20H21N3O4S. The fourth-order valence-electron chi connectivity index (χ4n) is 3.83. The van der Waals surface area contributed by atoms with E-state index in [0.717, 1.165) is 28.2 Å². The summed E-state index contributed by atoms with van der Waals surface area (Å²) in [5.74, 6) is -0.0647. The number of urea groups is 1. The third-order valence-corrected chi connectivity index (χ3v) is 6.07. The van der Waals surface area contributed by atoms with Crippen LogP contribution in [0.1, 0.15) is 30.2 Å². The molecule has 0 bridgehead atoms. The van der Waals surface area contributed by atoms with E-state index in [9.17, 15) is 14.4 Å². The highest BCUT2D eigenvalue weighted by atomic mass is 32.1. The van der Waals surface area contributed by atoms with Gasteiger partial charge in [0.1, 0.15) is 17.8 Å². The second kappa shape index (κ2) is 7.27. The maximum absolute atomic E-state index is 13.1. The van der Waals surface area contributed by atoms with Gasteiger partial charge in [-0.3, -0.25) is 14.5 Å². The fourth-order valence-corrected chi connectivity index (χ4v) is 4.83. The van der Waals surface area contributed by atoms with Gasteiger partial charge >= 0.3 is 6.03 Å².